The molecule has 0 aliphatic heterocycles. The molecule has 0 saturated heterocycles. The van der Waals surface area contributed by atoms with Crippen LogP contribution >= 0.6 is 0 Å². The second-order valence-corrected chi connectivity index (χ2v) is 9.57. The van der Waals surface area contributed by atoms with Crippen molar-refractivity contribution in [2.45, 2.75) is 86.1 Å². The number of ether oxygens (including phenoxy) is 1. The van der Waals surface area contributed by atoms with E-state index in [1.165, 1.54) is 0 Å². The molecular formula is C17H17F16NO4S. The summed E-state index contributed by atoms with van der Waals surface area (Å²) < 4.78 is 247. The van der Waals surface area contributed by atoms with Gasteiger partial charge in [-0.1, -0.05) is 19.9 Å². The monoisotopic (exact) mass is 635 g/mol. The van der Waals surface area contributed by atoms with Crippen LogP contribution in [0.5, 0.6) is 0 Å². The van der Waals surface area contributed by atoms with Crippen LogP contribution in [0.3, 0.4) is 0 Å². The molecule has 5 nitrogen and oxygen atoms in total. The highest BCUT2D eigenvalue weighted by Gasteiger charge is 2.95. The van der Waals surface area contributed by atoms with Gasteiger partial charge in [0.05, 0.1) is 0 Å². The van der Waals surface area contributed by atoms with Gasteiger partial charge in [-0.25, -0.2) is 17.6 Å². The van der Waals surface area contributed by atoms with Crippen LogP contribution in [0.1, 0.15) is 33.1 Å². The molecule has 0 bridgehead atoms. The van der Waals surface area contributed by atoms with E-state index in [0.717, 1.165) is 6.92 Å². The minimum atomic E-state index is -8.73. The average molecular weight is 635 g/mol. The fraction of sp³-hybridized carbons (Fsp3) is 0.824. The number of alkyl halides is 16. The number of carbonyl (C=O) groups is 1. The van der Waals surface area contributed by atoms with Crippen LogP contribution in [0.4, 0.5) is 70.2 Å². The summed E-state index contributed by atoms with van der Waals surface area (Å²) in [5.74, 6) is -52.1. The van der Waals surface area contributed by atoms with Crippen molar-refractivity contribution in [3.8, 4) is 0 Å². The molecule has 232 valence electrons. The van der Waals surface area contributed by atoms with Gasteiger partial charge in [0.2, 0.25) is 0 Å². The lowest BCUT2D eigenvalue weighted by atomic mass is 9.88. The van der Waals surface area contributed by atoms with Crippen molar-refractivity contribution < 1.29 is 88.2 Å². The van der Waals surface area contributed by atoms with Crippen molar-refractivity contribution in [2.24, 2.45) is 0 Å². The Morgan fingerprint density at radius 3 is 1.46 bits per heavy atom. The zero-order valence-electron chi connectivity index (χ0n) is 19.1. The molecule has 0 rings (SSSR count). The number of nitrogens with one attached hydrogen (secondary N) is 1. The summed E-state index contributed by atoms with van der Waals surface area (Å²) in [4.78, 5) is 11.0. The number of rotatable bonds is 14. The molecule has 0 saturated carbocycles. The van der Waals surface area contributed by atoms with Gasteiger partial charge in [-0.15, -0.1) is 0 Å². The van der Waals surface area contributed by atoms with E-state index >= 15 is 4.39 Å². The Bertz CT molecular complexity index is 1010. The molecule has 2 unspecified atom stereocenters. The van der Waals surface area contributed by atoms with Gasteiger partial charge in [0, 0.05) is 12.5 Å². The van der Waals surface area contributed by atoms with Gasteiger partial charge in [-0.2, -0.15) is 70.6 Å². The standard InChI is InChI=1S/C17H17F16NO4S/c1-4-6-7-10(18,39(36,37)34-8(3)38-9(35)5-2)11(19,20)12(21,22)13(23,24)14(25,26)15(27,28)16(29,30)17(31,32)33/h5,8,34H,2,4,6-7H2,1,3H3. The number of halogens is 16. The number of carbonyl (C=O) groups excluding carboxylic acids is 1. The van der Waals surface area contributed by atoms with E-state index in [1.807, 2.05) is 0 Å². The van der Waals surface area contributed by atoms with Crippen LogP contribution in [0.2, 0.25) is 0 Å². The van der Waals surface area contributed by atoms with Crippen molar-refractivity contribution in [3.63, 3.8) is 0 Å². The molecule has 0 aliphatic carbocycles. The highest BCUT2D eigenvalue weighted by atomic mass is 32.2. The van der Waals surface area contributed by atoms with Gasteiger partial charge in [0.1, 0.15) is 0 Å². The molecule has 0 fully saturated rings. The molecule has 2 atom stereocenters. The second kappa shape index (κ2) is 10.8. The molecule has 39 heavy (non-hydrogen) atoms. The molecule has 1 N–H and O–H groups in total. The minimum Gasteiger partial charge on any atom is -0.443 e. The summed E-state index contributed by atoms with van der Waals surface area (Å²) in [6.45, 7) is 4.10. The van der Waals surface area contributed by atoms with Crippen LogP contribution in [0, 0.1) is 0 Å². The number of esters is 1. The summed E-state index contributed by atoms with van der Waals surface area (Å²) in [6, 6.07) is 0. The van der Waals surface area contributed by atoms with Crippen LogP contribution < -0.4 is 4.72 Å². The van der Waals surface area contributed by atoms with E-state index in [0.29, 0.717) is 11.6 Å². The van der Waals surface area contributed by atoms with Gasteiger partial charge in [-0.05, 0) is 13.3 Å². The molecule has 0 amide bonds. The Labute approximate surface area is 208 Å². The van der Waals surface area contributed by atoms with E-state index < -0.39 is 88.2 Å². The predicted molar refractivity (Wildman–Crippen MR) is 96.9 cm³/mol. The molecule has 0 aromatic heterocycles. The third-order valence-corrected chi connectivity index (χ3v) is 6.81. The first kappa shape index (κ1) is 37.0. The summed E-state index contributed by atoms with van der Waals surface area (Å²) >= 11 is 0. The lowest BCUT2D eigenvalue weighted by Crippen LogP contribution is -2.76. The summed E-state index contributed by atoms with van der Waals surface area (Å²) in [5, 5.41) is -6.20. The van der Waals surface area contributed by atoms with Crippen molar-refractivity contribution in [3.05, 3.63) is 12.7 Å². The maximum absolute atomic E-state index is 15.3. The van der Waals surface area contributed by atoms with Crippen molar-refractivity contribution in [1.29, 1.82) is 0 Å². The van der Waals surface area contributed by atoms with Crippen LogP contribution in [0.25, 0.3) is 0 Å². The van der Waals surface area contributed by atoms with Gasteiger partial charge in [0.25, 0.3) is 15.0 Å². The fourth-order valence-corrected chi connectivity index (χ4v) is 4.17. The molecule has 22 heteroatoms. The first-order chi connectivity index (χ1) is 16.9. The molecule has 0 aliphatic rings. The lowest BCUT2D eigenvalue weighted by Gasteiger charge is -2.44. The Hall–Kier alpha value is -2.00. The highest BCUT2D eigenvalue weighted by Crippen LogP contribution is 2.64. The normalized spacial score (nSPS) is 17.4. The number of hydrogen-bond donors (Lipinski definition) is 1. The molecule has 0 aromatic rings. The first-order valence-electron chi connectivity index (χ1n) is 9.78. The van der Waals surface area contributed by atoms with Gasteiger partial charge < -0.3 is 4.74 Å². The van der Waals surface area contributed by atoms with Crippen molar-refractivity contribution in [1.82, 2.24) is 4.72 Å². The molecule has 0 heterocycles. The topological polar surface area (TPSA) is 72.5 Å². The maximum atomic E-state index is 15.3. The SMILES string of the molecule is C=CC(=O)OC(C)NS(=O)(=O)C(F)(CCCC)C(F)(F)C(F)(F)C(F)(F)C(F)(F)C(F)(F)C(F)(F)C(F)(F)F. The van der Waals surface area contributed by atoms with Crippen molar-refractivity contribution >= 4 is 16.0 Å². The number of sulfonamides is 1. The number of hydrogen-bond acceptors (Lipinski definition) is 4. The van der Waals surface area contributed by atoms with Gasteiger partial charge >= 0.3 is 47.7 Å². The molecular weight excluding hydrogens is 618 g/mol. The van der Waals surface area contributed by atoms with Gasteiger partial charge in [-0.3, -0.25) is 0 Å². The predicted octanol–water partition coefficient (Wildman–Crippen LogP) is 6.21. The number of unbranched alkanes of at least 4 members (excludes halogenated alkanes) is 1. The van der Waals surface area contributed by atoms with Crippen molar-refractivity contribution in [2.75, 3.05) is 0 Å². The zero-order chi connectivity index (χ0) is 31.9. The van der Waals surface area contributed by atoms with E-state index in [-0.39, 0.29) is 6.08 Å². The van der Waals surface area contributed by atoms with E-state index in [4.69, 9.17) is 0 Å². The van der Waals surface area contributed by atoms with E-state index in [1.54, 1.807) is 0 Å². The third kappa shape index (κ3) is 5.63. The Morgan fingerprint density at radius 2 is 1.13 bits per heavy atom. The van der Waals surface area contributed by atoms with Crippen LogP contribution in [0.15, 0.2) is 12.7 Å². The maximum Gasteiger partial charge on any atom is 0.460 e. The quantitative estimate of drug-likeness (QED) is 0.107. The average Bonchev–Trinajstić information content (AvgIpc) is 2.74. The highest BCUT2D eigenvalue weighted by molar-refractivity contribution is 7.90. The molecule has 0 aromatic carbocycles. The van der Waals surface area contributed by atoms with E-state index in [9.17, 15) is 79.1 Å². The minimum absolute atomic E-state index is 0.285. The largest absolute Gasteiger partial charge is 0.460 e. The third-order valence-electron chi connectivity index (χ3n) is 4.86. The summed E-state index contributed by atoms with van der Waals surface area (Å²) in [7, 11) is -6.93. The lowest BCUT2D eigenvalue weighted by molar-refractivity contribution is -0.455. The Balaban J connectivity index is 7.15. The smallest absolute Gasteiger partial charge is 0.443 e. The molecule has 0 radical (unpaired) electrons. The fourth-order valence-electron chi connectivity index (χ4n) is 2.62. The summed E-state index contributed by atoms with van der Waals surface area (Å²) in [5.41, 5.74) is 0. The van der Waals surface area contributed by atoms with E-state index in [2.05, 4.69) is 11.3 Å². The van der Waals surface area contributed by atoms with Crippen LogP contribution in [-0.2, 0) is 19.6 Å². The first-order valence-corrected chi connectivity index (χ1v) is 11.3. The second-order valence-electron chi connectivity index (χ2n) is 7.68. The summed E-state index contributed by atoms with van der Waals surface area (Å²) in [6.07, 6.45) is -14.4. The molecule has 0 spiro atoms. The van der Waals surface area contributed by atoms with Gasteiger partial charge in [0.15, 0.2) is 6.23 Å². The Morgan fingerprint density at radius 1 is 0.769 bits per heavy atom. The van der Waals surface area contributed by atoms with Crippen LogP contribution in [-0.4, -0.2) is 67.3 Å². The Kier molecular flexibility index (Phi) is 10.2. The zero-order valence-corrected chi connectivity index (χ0v) is 19.9.